The molecule has 2 aliphatic rings. The second-order valence-corrected chi connectivity index (χ2v) is 7.91. The van der Waals surface area contributed by atoms with Crippen LogP contribution in [0.4, 0.5) is 0 Å². The Hall–Kier alpha value is -3.44. The number of carbonyl (C=O) groups is 2. The molecule has 0 unspecified atom stereocenters. The Balaban J connectivity index is 1.44. The topological polar surface area (TPSA) is 110 Å². The highest BCUT2D eigenvalue weighted by Crippen LogP contribution is 2.32. The van der Waals surface area contributed by atoms with E-state index in [4.69, 9.17) is 5.26 Å². The number of pyridine rings is 1. The summed E-state index contributed by atoms with van der Waals surface area (Å²) in [7, 11) is 0. The van der Waals surface area contributed by atoms with Crippen molar-refractivity contribution in [2.45, 2.75) is 25.8 Å². The first-order valence-electron chi connectivity index (χ1n) is 10.5. The highest BCUT2D eigenvalue weighted by atomic mass is 16.3. The highest BCUT2D eigenvalue weighted by Gasteiger charge is 2.27. The average Bonchev–Trinajstić information content (AvgIpc) is 3.20. The van der Waals surface area contributed by atoms with Gasteiger partial charge in [0.05, 0.1) is 23.2 Å². The summed E-state index contributed by atoms with van der Waals surface area (Å²) in [5, 5.41) is 22.3. The first-order valence-corrected chi connectivity index (χ1v) is 10.5. The minimum Gasteiger partial charge on any atom is -0.505 e. The van der Waals surface area contributed by atoms with Crippen molar-refractivity contribution in [3.8, 4) is 11.8 Å². The molecule has 0 saturated carbocycles. The van der Waals surface area contributed by atoms with E-state index in [1.165, 1.54) is 12.3 Å². The monoisotopic (exact) mass is 419 g/mol. The van der Waals surface area contributed by atoms with Gasteiger partial charge in [-0.25, -0.2) is 4.98 Å². The molecule has 0 radical (unpaired) electrons. The second kappa shape index (κ2) is 8.74. The lowest BCUT2D eigenvalue weighted by molar-refractivity contribution is 0.0642. The van der Waals surface area contributed by atoms with Gasteiger partial charge in [0.15, 0.2) is 5.69 Å². The zero-order valence-corrected chi connectivity index (χ0v) is 17.5. The van der Waals surface area contributed by atoms with E-state index in [0.29, 0.717) is 18.7 Å². The summed E-state index contributed by atoms with van der Waals surface area (Å²) >= 11 is 0. The van der Waals surface area contributed by atoms with Gasteiger partial charge in [-0.15, -0.1) is 0 Å². The SMILES string of the molecule is CCN1CCN(C(=O)c2cnc(C(=O)N[C@@H]3CCc4cc(C#N)ccc43)c(O)c2)CC1. The molecule has 1 fully saturated rings. The summed E-state index contributed by atoms with van der Waals surface area (Å²) in [6, 6.07) is 8.68. The smallest absolute Gasteiger partial charge is 0.274 e. The molecule has 4 rings (SSSR count). The van der Waals surface area contributed by atoms with Crippen LogP contribution in [-0.2, 0) is 6.42 Å². The maximum Gasteiger partial charge on any atom is 0.274 e. The molecule has 160 valence electrons. The number of hydrogen-bond donors (Lipinski definition) is 2. The number of carbonyl (C=O) groups excluding carboxylic acids is 2. The van der Waals surface area contributed by atoms with Crippen LogP contribution in [0.15, 0.2) is 30.5 Å². The van der Waals surface area contributed by atoms with E-state index in [9.17, 15) is 14.7 Å². The third-order valence-electron chi connectivity index (χ3n) is 6.09. The van der Waals surface area contributed by atoms with Crippen molar-refractivity contribution in [3.05, 3.63) is 58.4 Å². The first kappa shape index (κ1) is 20.8. The van der Waals surface area contributed by atoms with E-state index < -0.39 is 5.91 Å². The van der Waals surface area contributed by atoms with Gasteiger partial charge >= 0.3 is 0 Å². The normalized spacial score (nSPS) is 18.3. The summed E-state index contributed by atoms with van der Waals surface area (Å²) in [5.74, 6) is -0.993. The molecular weight excluding hydrogens is 394 g/mol. The van der Waals surface area contributed by atoms with Crippen LogP contribution in [-0.4, -0.2) is 64.4 Å². The molecule has 2 N–H and O–H groups in total. The van der Waals surface area contributed by atoms with E-state index in [-0.39, 0.29) is 29.0 Å². The molecule has 2 heterocycles. The number of nitrogens with zero attached hydrogens (tertiary/aromatic N) is 4. The predicted molar refractivity (Wildman–Crippen MR) is 114 cm³/mol. The maximum absolute atomic E-state index is 12.7. The third kappa shape index (κ3) is 4.23. The zero-order valence-electron chi connectivity index (χ0n) is 17.5. The van der Waals surface area contributed by atoms with Gasteiger partial charge in [0.2, 0.25) is 0 Å². The Labute approximate surface area is 181 Å². The van der Waals surface area contributed by atoms with Crippen molar-refractivity contribution in [2.75, 3.05) is 32.7 Å². The van der Waals surface area contributed by atoms with Crippen LogP contribution in [0.3, 0.4) is 0 Å². The average molecular weight is 419 g/mol. The van der Waals surface area contributed by atoms with Crippen LogP contribution < -0.4 is 5.32 Å². The molecule has 8 heteroatoms. The molecule has 1 aromatic heterocycles. The fourth-order valence-corrected chi connectivity index (χ4v) is 4.26. The van der Waals surface area contributed by atoms with E-state index in [2.05, 4.69) is 28.2 Å². The number of benzene rings is 1. The summed E-state index contributed by atoms with van der Waals surface area (Å²) in [6.45, 7) is 5.95. The molecule has 0 spiro atoms. The predicted octanol–water partition coefficient (Wildman–Crippen LogP) is 1.85. The Morgan fingerprint density at radius 2 is 2.03 bits per heavy atom. The largest absolute Gasteiger partial charge is 0.505 e. The fourth-order valence-electron chi connectivity index (χ4n) is 4.26. The molecule has 1 aliphatic heterocycles. The van der Waals surface area contributed by atoms with Crippen molar-refractivity contribution in [1.29, 1.82) is 5.26 Å². The van der Waals surface area contributed by atoms with Crippen molar-refractivity contribution in [3.63, 3.8) is 0 Å². The van der Waals surface area contributed by atoms with E-state index in [1.807, 2.05) is 12.1 Å². The molecule has 0 bridgehead atoms. The Bertz CT molecular complexity index is 1050. The first-order chi connectivity index (χ1) is 15.0. The molecule has 8 nitrogen and oxygen atoms in total. The van der Waals surface area contributed by atoms with Crippen LogP contribution >= 0.6 is 0 Å². The number of nitrogens with one attached hydrogen (secondary N) is 1. The van der Waals surface area contributed by atoms with Crippen LogP contribution in [0.25, 0.3) is 0 Å². The van der Waals surface area contributed by atoms with E-state index in [1.54, 1.807) is 11.0 Å². The number of aromatic nitrogens is 1. The molecule has 31 heavy (non-hydrogen) atoms. The third-order valence-corrected chi connectivity index (χ3v) is 6.09. The number of likely N-dealkylation sites (N-methyl/N-ethyl adjacent to an activating group) is 1. The maximum atomic E-state index is 12.7. The van der Waals surface area contributed by atoms with Crippen LogP contribution in [0.5, 0.6) is 5.75 Å². The van der Waals surface area contributed by atoms with Gasteiger partial charge in [0, 0.05) is 32.4 Å². The van der Waals surface area contributed by atoms with Gasteiger partial charge in [0.25, 0.3) is 11.8 Å². The fraction of sp³-hybridized carbons (Fsp3) is 0.391. The van der Waals surface area contributed by atoms with Crippen molar-refractivity contribution in [1.82, 2.24) is 20.1 Å². The van der Waals surface area contributed by atoms with Crippen molar-refractivity contribution < 1.29 is 14.7 Å². The lowest BCUT2D eigenvalue weighted by Crippen LogP contribution is -2.48. The Morgan fingerprint density at radius 1 is 1.26 bits per heavy atom. The number of fused-ring (bicyclic) bond motifs is 1. The summed E-state index contributed by atoms with van der Waals surface area (Å²) in [6.07, 6.45) is 2.84. The molecular formula is C23H25N5O3. The van der Waals surface area contributed by atoms with Gasteiger partial charge in [-0.3, -0.25) is 9.59 Å². The van der Waals surface area contributed by atoms with Gasteiger partial charge in [0.1, 0.15) is 5.75 Å². The summed E-state index contributed by atoms with van der Waals surface area (Å²) in [4.78, 5) is 33.6. The molecule has 2 aromatic rings. The quantitative estimate of drug-likeness (QED) is 0.783. The van der Waals surface area contributed by atoms with Gasteiger partial charge in [-0.2, -0.15) is 5.26 Å². The molecule has 1 aliphatic carbocycles. The van der Waals surface area contributed by atoms with E-state index >= 15 is 0 Å². The minimum atomic E-state index is -0.490. The van der Waals surface area contributed by atoms with Gasteiger partial charge in [-0.05, 0) is 48.7 Å². The Kier molecular flexibility index (Phi) is 5.87. The molecule has 2 amide bonds. The lowest BCUT2D eigenvalue weighted by atomic mass is 10.1. The minimum absolute atomic E-state index is 0.102. The van der Waals surface area contributed by atoms with Crippen LogP contribution in [0, 0.1) is 11.3 Å². The van der Waals surface area contributed by atoms with Gasteiger partial charge in [-0.1, -0.05) is 13.0 Å². The number of aromatic hydroxyl groups is 1. The number of piperazine rings is 1. The lowest BCUT2D eigenvalue weighted by Gasteiger charge is -2.34. The number of rotatable bonds is 4. The van der Waals surface area contributed by atoms with Crippen molar-refractivity contribution >= 4 is 11.8 Å². The number of nitriles is 1. The number of amides is 2. The molecule has 1 saturated heterocycles. The van der Waals surface area contributed by atoms with E-state index in [0.717, 1.165) is 43.6 Å². The summed E-state index contributed by atoms with van der Waals surface area (Å²) < 4.78 is 0. The standard InChI is InChI=1S/C23H25N5O3/c1-2-27-7-9-28(10-8-27)23(31)17-12-20(29)21(25-14-17)22(30)26-19-6-4-16-11-15(13-24)3-5-18(16)19/h3,5,11-12,14,19,29H,2,4,6-10H2,1H3,(H,26,30)/t19-/m1/s1. The summed E-state index contributed by atoms with van der Waals surface area (Å²) in [5.41, 5.74) is 2.79. The van der Waals surface area contributed by atoms with Crippen LogP contribution in [0.2, 0.25) is 0 Å². The number of aryl methyl sites for hydroxylation is 1. The highest BCUT2D eigenvalue weighted by molar-refractivity contribution is 5.98. The zero-order chi connectivity index (χ0) is 22.0. The number of hydrogen-bond acceptors (Lipinski definition) is 6. The van der Waals surface area contributed by atoms with Crippen LogP contribution in [0.1, 0.15) is 56.9 Å². The molecule has 1 atom stereocenters. The molecule has 1 aromatic carbocycles. The van der Waals surface area contributed by atoms with Crippen molar-refractivity contribution in [2.24, 2.45) is 0 Å². The Morgan fingerprint density at radius 3 is 2.71 bits per heavy atom. The second-order valence-electron chi connectivity index (χ2n) is 7.91. The van der Waals surface area contributed by atoms with Gasteiger partial charge < -0.3 is 20.2 Å².